The number of hydrogen-bond donors (Lipinski definition) is 2. The molecule has 4 nitrogen and oxygen atoms in total. The molecule has 1 aliphatic rings. The summed E-state index contributed by atoms with van der Waals surface area (Å²) in [6, 6.07) is 0. The smallest absolute Gasteiger partial charge is 0.151 e. The van der Waals surface area contributed by atoms with Crippen LogP contribution >= 0.6 is 0 Å². The van der Waals surface area contributed by atoms with Crippen molar-refractivity contribution >= 4 is 6.29 Å². The maximum Gasteiger partial charge on any atom is 0.151 e. The van der Waals surface area contributed by atoms with Gasteiger partial charge in [0, 0.05) is 6.42 Å². The molecule has 1 fully saturated rings. The van der Waals surface area contributed by atoms with Gasteiger partial charge in [0.25, 0.3) is 0 Å². The first-order chi connectivity index (χ1) is 5.15. The van der Waals surface area contributed by atoms with Crippen molar-refractivity contribution in [1.29, 1.82) is 0 Å². The van der Waals surface area contributed by atoms with Crippen LogP contribution in [0.5, 0.6) is 0 Å². The number of hydrogen-bond acceptors (Lipinski definition) is 4. The van der Waals surface area contributed by atoms with Crippen molar-refractivity contribution < 1.29 is 19.7 Å². The molecule has 4 heteroatoms. The van der Waals surface area contributed by atoms with Gasteiger partial charge in [-0.15, -0.1) is 0 Å². The molecule has 0 aromatic rings. The van der Waals surface area contributed by atoms with E-state index in [0.717, 1.165) is 0 Å². The van der Waals surface area contributed by atoms with Crippen molar-refractivity contribution in [2.45, 2.75) is 37.8 Å². The molecule has 0 spiro atoms. The second kappa shape index (κ2) is 3.30. The lowest BCUT2D eigenvalue weighted by molar-refractivity contribution is -0.167. The van der Waals surface area contributed by atoms with Crippen LogP contribution < -0.4 is 0 Å². The fourth-order valence-corrected chi connectivity index (χ4v) is 1.22. The summed E-state index contributed by atoms with van der Waals surface area (Å²) < 4.78 is 5.04. The average molecular weight is 160 g/mol. The van der Waals surface area contributed by atoms with Crippen LogP contribution in [0, 0.1) is 0 Å². The predicted molar refractivity (Wildman–Crippen MR) is 37.0 cm³/mol. The zero-order valence-corrected chi connectivity index (χ0v) is 6.30. The van der Waals surface area contributed by atoms with E-state index in [9.17, 15) is 4.79 Å². The van der Waals surface area contributed by atoms with Gasteiger partial charge in [0.2, 0.25) is 0 Å². The quantitative estimate of drug-likeness (QED) is 0.487. The summed E-state index contributed by atoms with van der Waals surface area (Å²) in [5.41, 5.74) is 0. The number of carbonyl (C=O) groups is 1. The summed E-state index contributed by atoms with van der Waals surface area (Å²) >= 11 is 0. The Hall–Kier alpha value is -0.450. The van der Waals surface area contributed by atoms with Crippen LogP contribution in [-0.2, 0) is 9.53 Å². The highest BCUT2D eigenvalue weighted by atomic mass is 16.5. The van der Waals surface area contributed by atoms with Gasteiger partial charge in [-0.25, -0.2) is 0 Å². The molecular formula is C7H12O4. The molecule has 0 aromatic carbocycles. The second-order valence-electron chi connectivity index (χ2n) is 2.84. The van der Waals surface area contributed by atoms with Gasteiger partial charge in [0.05, 0.1) is 12.2 Å². The Morgan fingerprint density at radius 3 is 2.73 bits per heavy atom. The Bertz CT molecular complexity index is 147. The molecule has 1 aliphatic heterocycles. The van der Waals surface area contributed by atoms with Gasteiger partial charge in [-0.2, -0.15) is 0 Å². The number of rotatable bonds is 1. The molecule has 4 atom stereocenters. The van der Waals surface area contributed by atoms with E-state index in [-0.39, 0.29) is 6.10 Å². The Morgan fingerprint density at radius 2 is 2.18 bits per heavy atom. The molecule has 11 heavy (non-hydrogen) atoms. The van der Waals surface area contributed by atoms with Crippen LogP contribution in [0.25, 0.3) is 0 Å². The van der Waals surface area contributed by atoms with Crippen LogP contribution in [0.1, 0.15) is 13.3 Å². The molecule has 3 unspecified atom stereocenters. The maximum absolute atomic E-state index is 10.3. The van der Waals surface area contributed by atoms with Crippen molar-refractivity contribution in [3.63, 3.8) is 0 Å². The van der Waals surface area contributed by atoms with E-state index in [4.69, 9.17) is 14.9 Å². The zero-order valence-electron chi connectivity index (χ0n) is 6.30. The lowest BCUT2D eigenvalue weighted by Crippen LogP contribution is -2.48. The van der Waals surface area contributed by atoms with Gasteiger partial charge in [0.15, 0.2) is 6.29 Å². The van der Waals surface area contributed by atoms with Crippen LogP contribution in [0.3, 0.4) is 0 Å². The van der Waals surface area contributed by atoms with Gasteiger partial charge in [0.1, 0.15) is 12.2 Å². The van der Waals surface area contributed by atoms with E-state index < -0.39 is 18.3 Å². The monoisotopic (exact) mass is 160 g/mol. The summed E-state index contributed by atoms with van der Waals surface area (Å²) in [5, 5.41) is 18.3. The third-order valence-corrected chi connectivity index (χ3v) is 1.83. The standard InChI is InChI=1S/C7H12O4/c1-4-2-5(9)7(10)6(3-8)11-4/h3-7,9-10H,2H2,1H3/t4?,5?,6-,7?/m1/s1. The van der Waals surface area contributed by atoms with Crippen LogP contribution in [0.4, 0.5) is 0 Å². The first kappa shape index (κ1) is 8.64. The molecule has 0 amide bonds. The third kappa shape index (κ3) is 1.77. The SMILES string of the molecule is CC1CC(O)C(O)[C@@H](C=O)O1. The van der Waals surface area contributed by atoms with Gasteiger partial charge >= 0.3 is 0 Å². The molecule has 64 valence electrons. The van der Waals surface area contributed by atoms with E-state index in [2.05, 4.69) is 0 Å². The van der Waals surface area contributed by atoms with E-state index in [1.807, 2.05) is 0 Å². The Labute approximate surface area is 64.8 Å². The largest absolute Gasteiger partial charge is 0.390 e. The summed E-state index contributed by atoms with van der Waals surface area (Å²) in [4.78, 5) is 10.3. The van der Waals surface area contributed by atoms with Gasteiger partial charge in [-0.1, -0.05) is 0 Å². The zero-order chi connectivity index (χ0) is 8.43. The van der Waals surface area contributed by atoms with Crippen molar-refractivity contribution in [3.8, 4) is 0 Å². The summed E-state index contributed by atoms with van der Waals surface area (Å²) in [5.74, 6) is 0. The van der Waals surface area contributed by atoms with E-state index in [1.54, 1.807) is 6.92 Å². The topological polar surface area (TPSA) is 66.8 Å². The summed E-state index contributed by atoms with van der Waals surface area (Å²) in [6.45, 7) is 1.76. The van der Waals surface area contributed by atoms with E-state index >= 15 is 0 Å². The highest BCUT2D eigenvalue weighted by Crippen LogP contribution is 2.18. The van der Waals surface area contributed by atoms with Crippen LogP contribution in [0.15, 0.2) is 0 Å². The van der Waals surface area contributed by atoms with Crippen molar-refractivity contribution in [2.75, 3.05) is 0 Å². The molecule has 0 aromatic heterocycles. The molecule has 0 saturated carbocycles. The average Bonchev–Trinajstić information content (AvgIpc) is 1.96. The molecule has 1 rings (SSSR count). The lowest BCUT2D eigenvalue weighted by Gasteiger charge is -2.32. The van der Waals surface area contributed by atoms with Gasteiger partial charge in [-0.05, 0) is 6.92 Å². The van der Waals surface area contributed by atoms with Crippen molar-refractivity contribution in [1.82, 2.24) is 0 Å². The number of aliphatic hydroxyl groups excluding tert-OH is 2. The Balaban J connectivity index is 2.58. The normalized spacial score (nSPS) is 45.4. The third-order valence-electron chi connectivity index (χ3n) is 1.83. The van der Waals surface area contributed by atoms with Gasteiger partial charge < -0.3 is 19.7 Å². The summed E-state index contributed by atoms with van der Waals surface area (Å²) in [6.07, 6.45) is -2.04. The number of aliphatic hydroxyl groups is 2. The number of aldehydes is 1. The molecular weight excluding hydrogens is 148 g/mol. The van der Waals surface area contributed by atoms with Crippen molar-refractivity contribution in [2.24, 2.45) is 0 Å². The first-order valence-electron chi connectivity index (χ1n) is 3.62. The van der Waals surface area contributed by atoms with E-state index in [1.165, 1.54) is 0 Å². The molecule has 0 radical (unpaired) electrons. The van der Waals surface area contributed by atoms with Crippen LogP contribution in [0.2, 0.25) is 0 Å². The molecule has 0 aliphatic carbocycles. The maximum atomic E-state index is 10.3. The number of ether oxygens (including phenoxy) is 1. The van der Waals surface area contributed by atoms with Crippen molar-refractivity contribution in [3.05, 3.63) is 0 Å². The van der Waals surface area contributed by atoms with E-state index in [0.29, 0.717) is 12.7 Å². The fraction of sp³-hybridized carbons (Fsp3) is 0.857. The molecule has 0 bridgehead atoms. The molecule has 2 N–H and O–H groups in total. The number of carbonyl (C=O) groups excluding carboxylic acids is 1. The highest BCUT2D eigenvalue weighted by Gasteiger charge is 2.34. The lowest BCUT2D eigenvalue weighted by atomic mass is 9.99. The van der Waals surface area contributed by atoms with Gasteiger partial charge in [-0.3, -0.25) is 0 Å². The summed E-state index contributed by atoms with van der Waals surface area (Å²) in [7, 11) is 0. The van der Waals surface area contributed by atoms with Crippen LogP contribution in [-0.4, -0.2) is 40.9 Å². The molecule has 1 saturated heterocycles. The second-order valence-corrected chi connectivity index (χ2v) is 2.84. The fourth-order valence-electron chi connectivity index (χ4n) is 1.22. The highest BCUT2D eigenvalue weighted by molar-refractivity contribution is 5.57. The Morgan fingerprint density at radius 1 is 1.55 bits per heavy atom. The molecule has 1 heterocycles. The first-order valence-corrected chi connectivity index (χ1v) is 3.62. The predicted octanol–water partition coefficient (Wildman–Crippen LogP) is -0.916. The minimum Gasteiger partial charge on any atom is -0.390 e. The Kier molecular flexibility index (Phi) is 2.59. The minimum absolute atomic E-state index is 0.163. The minimum atomic E-state index is -1.07.